The van der Waals surface area contributed by atoms with Crippen LogP contribution >= 0.6 is 0 Å². The summed E-state index contributed by atoms with van der Waals surface area (Å²) >= 11 is 0. The number of aromatic carboxylic acids is 1. The van der Waals surface area contributed by atoms with Crippen molar-refractivity contribution in [1.29, 1.82) is 0 Å². The summed E-state index contributed by atoms with van der Waals surface area (Å²) in [5, 5.41) is 36.1. The third kappa shape index (κ3) is 4.26. The van der Waals surface area contributed by atoms with Gasteiger partial charge < -0.3 is 15.2 Å². The fourth-order valence-electron chi connectivity index (χ4n) is 3.01. The third-order valence-corrected chi connectivity index (χ3v) is 4.70. The largest absolute Gasteiger partial charge is 0.505 e. The molecule has 4 rings (SSSR count). The molecule has 9 heteroatoms. The Morgan fingerprint density at radius 3 is 2.28 bits per heavy atom. The average Bonchev–Trinajstić information content (AvgIpc) is 2.78. The first-order valence-corrected chi connectivity index (χ1v) is 9.54. The Balaban J connectivity index is 1.56. The molecular weight excluding hydrogens is 410 g/mol. The molecule has 158 valence electrons. The van der Waals surface area contributed by atoms with Crippen molar-refractivity contribution in [3.63, 3.8) is 0 Å². The van der Waals surface area contributed by atoms with Crippen LogP contribution in [0.1, 0.15) is 15.9 Å². The summed E-state index contributed by atoms with van der Waals surface area (Å²) in [5.41, 5.74) is 2.32. The van der Waals surface area contributed by atoms with Gasteiger partial charge in [-0.15, -0.1) is 5.11 Å². The summed E-state index contributed by atoms with van der Waals surface area (Å²) in [4.78, 5) is 25.8. The van der Waals surface area contributed by atoms with Gasteiger partial charge in [0.2, 0.25) is 0 Å². The predicted molar refractivity (Wildman–Crippen MR) is 119 cm³/mol. The fraction of sp³-hybridized carbons (Fsp3) is 0.0435. The van der Waals surface area contributed by atoms with E-state index in [-0.39, 0.29) is 17.0 Å². The standard InChI is InChI=1S/C23H17N5O4/c1-13-12-16(10-11-18(13)27-25-15-8-6-14(7-9-15)23(31)32)26-28-20-21(29)17-4-2-3-5-19(17)24-22(20)30/h2-12H,1H3,(H,31,32)(H2,24,29,30). The minimum atomic E-state index is -1.01. The highest BCUT2D eigenvalue weighted by molar-refractivity contribution is 5.89. The van der Waals surface area contributed by atoms with Crippen molar-refractivity contribution in [2.75, 3.05) is 0 Å². The Hall–Kier alpha value is -4.66. The summed E-state index contributed by atoms with van der Waals surface area (Å²) in [6.45, 7) is 1.82. The number of pyridine rings is 1. The van der Waals surface area contributed by atoms with Gasteiger partial charge in [-0.2, -0.15) is 15.3 Å². The van der Waals surface area contributed by atoms with Crippen LogP contribution in [0.2, 0.25) is 0 Å². The minimum Gasteiger partial charge on any atom is -0.505 e. The van der Waals surface area contributed by atoms with Crippen molar-refractivity contribution >= 4 is 39.6 Å². The van der Waals surface area contributed by atoms with E-state index in [2.05, 4.69) is 25.4 Å². The number of H-pyrrole nitrogens is 1. The highest BCUT2D eigenvalue weighted by atomic mass is 16.4. The normalized spacial score (nSPS) is 11.5. The predicted octanol–water partition coefficient (Wildman–Crippen LogP) is 6.07. The first-order chi connectivity index (χ1) is 15.4. The van der Waals surface area contributed by atoms with Gasteiger partial charge in [-0.05, 0) is 67.1 Å². The van der Waals surface area contributed by atoms with Crippen LogP contribution < -0.4 is 5.56 Å². The number of benzene rings is 3. The van der Waals surface area contributed by atoms with Crippen LogP contribution in [0.25, 0.3) is 10.9 Å². The van der Waals surface area contributed by atoms with E-state index in [0.717, 1.165) is 5.56 Å². The number of aromatic nitrogens is 1. The van der Waals surface area contributed by atoms with E-state index in [0.29, 0.717) is 28.0 Å². The number of carbonyl (C=O) groups is 1. The third-order valence-electron chi connectivity index (χ3n) is 4.70. The molecule has 1 heterocycles. The van der Waals surface area contributed by atoms with E-state index in [1.165, 1.54) is 12.1 Å². The number of hydrogen-bond donors (Lipinski definition) is 3. The van der Waals surface area contributed by atoms with Crippen molar-refractivity contribution in [3.05, 3.63) is 88.2 Å². The maximum atomic E-state index is 12.2. The highest BCUT2D eigenvalue weighted by Gasteiger charge is 2.11. The smallest absolute Gasteiger partial charge is 0.335 e. The molecule has 0 spiro atoms. The molecule has 0 unspecified atom stereocenters. The number of nitrogens with zero attached hydrogens (tertiary/aromatic N) is 4. The molecule has 3 aromatic carbocycles. The SMILES string of the molecule is Cc1cc(N=Nc2c(O)c3ccccc3[nH]c2=O)ccc1N=Nc1ccc(C(=O)O)cc1. The summed E-state index contributed by atoms with van der Waals surface area (Å²) in [7, 11) is 0. The second kappa shape index (κ2) is 8.60. The van der Waals surface area contributed by atoms with Gasteiger partial charge in [0, 0.05) is 5.39 Å². The van der Waals surface area contributed by atoms with Gasteiger partial charge in [-0.25, -0.2) is 4.79 Å². The number of aryl methyl sites for hydroxylation is 1. The molecule has 32 heavy (non-hydrogen) atoms. The quantitative estimate of drug-likeness (QED) is 0.332. The Kier molecular flexibility index (Phi) is 5.54. The zero-order chi connectivity index (χ0) is 22.7. The lowest BCUT2D eigenvalue weighted by Crippen LogP contribution is -2.04. The maximum Gasteiger partial charge on any atom is 0.335 e. The number of fused-ring (bicyclic) bond motifs is 1. The number of para-hydroxylation sites is 1. The van der Waals surface area contributed by atoms with Crippen LogP contribution in [0.15, 0.2) is 92.0 Å². The van der Waals surface area contributed by atoms with Crippen LogP contribution in [0.3, 0.4) is 0 Å². The minimum absolute atomic E-state index is 0.171. The molecule has 0 bridgehead atoms. The number of rotatable bonds is 5. The summed E-state index contributed by atoms with van der Waals surface area (Å²) in [5.74, 6) is -1.24. The molecule has 4 aromatic rings. The summed E-state index contributed by atoms with van der Waals surface area (Å²) in [6, 6.07) is 18.0. The Bertz CT molecular complexity index is 1440. The van der Waals surface area contributed by atoms with E-state index in [4.69, 9.17) is 5.11 Å². The van der Waals surface area contributed by atoms with Crippen molar-refractivity contribution < 1.29 is 15.0 Å². The topological polar surface area (TPSA) is 140 Å². The van der Waals surface area contributed by atoms with Crippen molar-refractivity contribution in [2.24, 2.45) is 20.5 Å². The molecule has 0 amide bonds. The Labute approximate surface area is 181 Å². The molecule has 0 saturated carbocycles. The molecule has 9 nitrogen and oxygen atoms in total. The van der Waals surface area contributed by atoms with Crippen LogP contribution in [0.4, 0.5) is 22.7 Å². The van der Waals surface area contributed by atoms with Crippen LogP contribution in [-0.2, 0) is 0 Å². The first-order valence-electron chi connectivity index (χ1n) is 9.54. The van der Waals surface area contributed by atoms with E-state index < -0.39 is 11.5 Å². The van der Waals surface area contributed by atoms with Crippen LogP contribution in [-0.4, -0.2) is 21.2 Å². The monoisotopic (exact) mass is 427 g/mol. The highest BCUT2D eigenvalue weighted by Crippen LogP contribution is 2.32. The van der Waals surface area contributed by atoms with Gasteiger partial charge in [0.1, 0.15) is 0 Å². The second-order valence-corrected chi connectivity index (χ2v) is 6.92. The van der Waals surface area contributed by atoms with E-state index in [1.54, 1.807) is 54.6 Å². The molecule has 1 aromatic heterocycles. The van der Waals surface area contributed by atoms with E-state index in [1.807, 2.05) is 6.92 Å². The van der Waals surface area contributed by atoms with Gasteiger partial charge in [-0.1, -0.05) is 12.1 Å². The van der Waals surface area contributed by atoms with Crippen molar-refractivity contribution in [2.45, 2.75) is 6.92 Å². The molecule has 0 fully saturated rings. The van der Waals surface area contributed by atoms with Gasteiger partial charge in [0.15, 0.2) is 11.4 Å². The van der Waals surface area contributed by atoms with E-state index in [9.17, 15) is 14.7 Å². The zero-order valence-electron chi connectivity index (χ0n) is 16.9. The summed E-state index contributed by atoms with van der Waals surface area (Å²) < 4.78 is 0. The average molecular weight is 427 g/mol. The Morgan fingerprint density at radius 1 is 0.875 bits per heavy atom. The second-order valence-electron chi connectivity index (χ2n) is 6.92. The number of aromatic hydroxyl groups is 1. The molecule has 0 aliphatic rings. The van der Waals surface area contributed by atoms with Crippen LogP contribution in [0, 0.1) is 6.92 Å². The van der Waals surface area contributed by atoms with E-state index >= 15 is 0 Å². The molecular formula is C23H17N5O4. The number of azo groups is 2. The number of carboxylic acids is 1. The number of carboxylic acid groups (broad SMARTS) is 1. The number of aromatic amines is 1. The van der Waals surface area contributed by atoms with Crippen molar-refractivity contribution in [3.8, 4) is 5.75 Å². The van der Waals surface area contributed by atoms with Gasteiger partial charge >= 0.3 is 5.97 Å². The molecule has 0 saturated heterocycles. The molecule has 0 radical (unpaired) electrons. The molecule has 3 N–H and O–H groups in total. The maximum absolute atomic E-state index is 12.2. The van der Waals surface area contributed by atoms with Gasteiger partial charge in [0.25, 0.3) is 5.56 Å². The van der Waals surface area contributed by atoms with Gasteiger partial charge in [0.05, 0.1) is 28.1 Å². The number of nitrogens with one attached hydrogen (secondary N) is 1. The van der Waals surface area contributed by atoms with Gasteiger partial charge in [-0.3, -0.25) is 4.79 Å². The lowest BCUT2D eigenvalue weighted by atomic mass is 10.2. The van der Waals surface area contributed by atoms with Crippen molar-refractivity contribution in [1.82, 2.24) is 4.98 Å². The molecule has 0 aliphatic carbocycles. The fourth-order valence-corrected chi connectivity index (χ4v) is 3.01. The van der Waals surface area contributed by atoms with Crippen LogP contribution in [0.5, 0.6) is 5.75 Å². The number of hydrogen-bond acceptors (Lipinski definition) is 7. The molecule has 0 atom stereocenters. The summed E-state index contributed by atoms with van der Waals surface area (Å²) in [6.07, 6.45) is 0. The zero-order valence-corrected chi connectivity index (χ0v) is 16.9. The lowest BCUT2D eigenvalue weighted by Gasteiger charge is -2.03. The first kappa shape index (κ1) is 20.6. The lowest BCUT2D eigenvalue weighted by molar-refractivity contribution is 0.0697. The molecule has 0 aliphatic heterocycles. The Morgan fingerprint density at radius 2 is 1.56 bits per heavy atom.